The first-order chi connectivity index (χ1) is 15.1. The van der Waals surface area contributed by atoms with Gasteiger partial charge in [-0.2, -0.15) is 0 Å². The second-order valence-electron chi connectivity index (χ2n) is 7.08. The summed E-state index contributed by atoms with van der Waals surface area (Å²) in [7, 11) is 0. The second-order valence-corrected chi connectivity index (χ2v) is 7.08. The summed E-state index contributed by atoms with van der Waals surface area (Å²) < 4.78 is 21.4. The predicted octanol–water partition coefficient (Wildman–Crippen LogP) is 4.15. The fourth-order valence-electron chi connectivity index (χ4n) is 3.59. The molecule has 7 heteroatoms. The van der Waals surface area contributed by atoms with Gasteiger partial charge in [0.1, 0.15) is 18.1 Å². The van der Waals surface area contributed by atoms with Gasteiger partial charge < -0.3 is 9.72 Å². The van der Waals surface area contributed by atoms with Crippen LogP contribution in [0, 0.1) is 5.82 Å². The minimum Gasteiger partial charge on any atom is -0.489 e. The average molecular weight is 413 g/mol. The molecule has 31 heavy (non-hydrogen) atoms. The lowest BCUT2D eigenvalue weighted by Crippen LogP contribution is -2.22. The highest BCUT2D eigenvalue weighted by molar-refractivity contribution is 5.98. The number of benzene rings is 3. The molecular weight excluding hydrogens is 397 g/mol. The average Bonchev–Trinajstić information content (AvgIpc) is 2.79. The van der Waals surface area contributed by atoms with E-state index < -0.39 is 17.1 Å². The number of halogens is 1. The van der Waals surface area contributed by atoms with Crippen molar-refractivity contribution in [1.82, 2.24) is 15.0 Å². The SMILES string of the molecule is O=c1[nH]c(=O)c2cnc(-c3cc(OCc4ccccc4)cc4ccccc34)c(F)c2[nH]1. The Balaban J connectivity index is 1.68. The van der Waals surface area contributed by atoms with E-state index in [0.717, 1.165) is 16.3 Å². The first-order valence-electron chi connectivity index (χ1n) is 9.61. The van der Waals surface area contributed by atoms with Crippen LogP contribution in [0.15, 0.2) is 82.5 Å². The zero-order valence-electron chi connectivity index (χ0n) is 16.2. The van der Waals surface area contributed by atoms with Crippen molar-refractivity contribution in [2.75, 3.05) is 0 Å². The van der Waals surface area contributed by atoms with E-state index in [-0.39, 0.29) is 16.6 Å². The normalized spacial score (nSPS) is 11.1. The van der Waals surface area contributed by atoms with Crippen molar-refractivity contribution in [3.8, 4) is 17.0 Å². The standard InChI is InChI=1S/C24H16FN3O3/c25-20-21(26-12-19-22(20)27-24(30)28-23(19)29)18-11-16(10-15-8-4-5-9-17(15)18)31-13-14-6-2-1-3-7-14/h1-12H,13H2,(H2,27,28,29,30). The highest BCUT2D eigenvalue weighted by Gasteiger charge is 2.17. The number of hydrogen-bond acceptors (Lipinski definition) is 4. The van der Waals surface area contributed by atoms with Gasteiger partial charge in [-0.15, -0.1) is 0 Å². The molecular formula is C24H16FN3O3. The summed E-state index contributed by atoms with van der Waals surface area (Å²) in [5.74, 6) is -0.218. The van der Waals surface area contributed by atoms with Gasteiger partial charge in [-0.05, 0) is 28.5 Å². The van der Waals surface area contributed by atoms with Gasteiger partial charge in [-0.3, -0.25) is 14.8 Å². The van der Waals surface area contributed by atoms with Crippen molar-refractivity contribution < 1.29 is 9.13 Å². The predicted molar refractivity (Wildman–Crippen MR) is 117 cm³/mol. The van der Waals surface area contributed by atoms with Gasteiger partial charge >= 0.3 is 5.69 Å². The second kappa shape index (κ2) is 7.53. The number of ether oxygens (including phenoxy) is 1. The Kier molecular flexibility index (Phi) is 4.55. The Bertz CT molecular complexity index is 1540. The molecule has 3 aromatic carbocycles. The first kappa shape index (κ1) is 18.7. The van der Waals surface area contributed by atoms with E-state index in [1.807, 2.05) is 60.7 Å². The van der Waals surface area contributed by atoms with Gasteiger partial charge in [-0.25, -0.2) is 9.18 Å². The molecule has 2 aromatic heterocycles. The monoisotopic (exact) mass is 413 g/mol. The summed E-state index contributed by atoms with van der Waals surface area (Å²) in [4.78, 5) is 32.3. The van der Waals surface area contributed by atoms with Gasteiger partial charge in [0.25, 0.3) is 5.56 Å². The maximum absolute atomic E-state index is 15.4. The highest BCUT2D eigenvalue weighted by atomic mass is 19.1. The molecule has 0 radical (unpaired) electrons. The summed E-state index contributed by atoms with van der Waals surface area (Å²) in [6, 6.07) is 20.8. The molecule has 0 saturated heterocycles. The van der Waals surface area contributed by atoms with Crippen LogP contribution in [-0.4, -0.2) is 15.0 Å². The molecule has 0 aliphatic rings. The van der Waals surface area contributed by atoms with Gasteiger partial charge in [-0.1, -0.05) is 54.6 Å². The minimum absolute atomic E-state index is 0.0233. The maximum Gasteiger partial charge on any atom is 0.326 e. The molecule has 2 N–H and O–H groups in total. The molecule has 152 valence electrons. The molecule has 6 nitrogen and oxygen atoms in total. The van der Waals surface area contributed by atoms with Crippen LogP contribution in [0.4, 0.5) is 4.39 Å². The molecule has 5 aromatic rings. The number of aromatic nitrogens is 3. The number of nitrogens with one attached hydrogen (secondary N) is 2. The topological polar surface area (TPSA) is 87.8 Å². The first-order valence-corrected chi connectivity index (χ1v) is 9.61. The van der Waals surface area contributed by atoms with E-state index in [4.69, 9.17) is 4.74 Å². The Morgan fingerprint density at radius 3 is 2.52 bits per heavy atom. The van der Waals surface area contributed by atoms with Gasteiger partial charge in [0.2, 0.25) is 0 Å². The van der Waals surface area contributed by atoms with Crippen molar-refractivity contribution >= 4 is 21.7 Å². The molecule has 0 atom stereocenters. The third-order valence-corrected chi connectivity index (χ3v) is 5.07. The molecule has 5 rings (SSSR count). The Labute approximate surface area is 175 Å². The van der Waals surface area contributed by atoms with Crippen LogP contribution >= 0.6 is 0 Å². The zero-order chi connectivity index (χ0) is 21.4. The van der Waals surface area contributed by atoms with Crippen LogP contribution in [0.1, 0.15) is 5.56 Å². The van der Waals surface area contributed by atoms with E-state index in [1.165, 1.54) is 6.20 Å². The summed E-state index contributed by atoms with van der Waals surface area (Å²) in [6.07, 6.45) is 1.26. The third kappa shape index (κ3) is 3.46. The number of pyridine rings is 1. The Morgan fingerprint density at radius 2 is 1.68 bits per heavy atom. The summed E-state index contributed by atoms with van der Waals surface area (Å²) in [5.41, 5.74) is -0.126. The quantitative estimate of drug-likeness (QED) is 0.463. The van der Waals surface area contributed by atoms with Crippen LogP contribution in [0.2, 0.25) is 0 Å². The van der Waals surface area contributed by atoms with E-state index in [0.29, 0.717) is 17.9 Å². The molecule has 0 bridgehead atoms. The summed E-state index contributed by atoms with van der Waals surface area (Å²) in [6.45, 7) is 0.356. The molecule has 0 unspecified atom stereocenters. The number of hydrogen-bond donors (Lipinski definition) is 2. The number of H-pyrrole nitrogens is 2. The van der Waals surface area contributed by atoms with Gasteiger partial charge in [0.15, 0.2) is 5.82 Å². The molecule has 0 saturated carbocycles. The van der Waals surface area contributed by atoms with Gasteiger partial charge in [0, 0.05) is 11.8 Å². The molecule has 0 spiro atoms. The maximum atomic E-state index is 15.4. The van der Waals surface area contributed by atoms with Crippen molar-refractivity contribution in [2.45, 2.75) is 6.61 Å². The molecule has 0 aliphatic carbocycles. The van der Waals surface area contributed by atoms with Crippen molar-refractivity contribution in [3.63, 3.8) is 0 Å². The Hall–Kier alpha value is -4.26. The van der Waals surface area contributed by atoms with Crippen molar-refractivity contribution in [1.29, 1.82) is 0 Å². The van der Waals surface area contributed by atoms with Crippen LogP contribution in [0.3, 0.4) is 0 Å². The van der Waals surface area contributed by atoms with Crippen LogP contribution in [0.25, 0.3) is 32.9 Å². The van der Waals surface area contributed by atoms with Crippen LogP contribution < -0.4 is 16.0 Å². The zero-order valence-corrected chi connectivity index (χ0v) is 16.2. The molecule has 0 aliphatic heterocycles. The van der Waals surface area contributed by atoms with E-state index in [9.17, 15) is 9.59 Å². The number of nitrogens with zero attached hydrogens (tertiary/aromatic N) is 1. The molecule has 0 amide bonds. The molecule has 0 fully saturated rings. The fraction of sp³-hybridized carbons (Fsp3) is 0.0417. The smallest absolute Gasteiger partial charge is 0.326 e. The van der Waals surface area contributed by atoms with E-state index in [2.05, 4.69) is 15.0 Å². The number of rotatable bonds is 4. The lowest BCUT2D eigenvalue weighted by Gasteiger charge is -2.13. The largest absolute Gasteiger partial charge is 0.489 e. The highest BCUT2D eigenvalue weighted by Crippen LogP contribution is 2.34. The third-order valence-electron chi connectivity index (χ3n) is 5.07. The number of aromatic amines is 2. The van der Waals surface area contributed by atoms with Crippen LogP contribution in [0.5, 0.6) is 5.75 Å². The number of fused-ring (bicyclic) bond motifs is 2. The van der Waals surface area contributed by atoms with Crippen molar-refractivity contribution in [3.05, 3.63) is 105 Å². The Morgan fingerprint density at radius 1 is 0.903 bits per heavy atom. The summed E-state index contributed by atoms with van der Waals surface area (Å²) >= 11 is 0. The lowest BCUT2D eigenvalue weighted by molar-refractivity contribution is 0.307. The van der Waals surface area contributed by atoms with E-state index in [1.54, 1.807) is 6.07 Å². The van der Waals surface area contributed by atoms with Crippen LogP contribution in [-0.2, 0) is 6.61 Å². The van der Waals surface area contributed by atoms with Crippen molar-refractivity contribution in [2.24, 2.45) is 0 Å². The summed E-state index contributed by atoms with van der Waals surface area (Å²) in [5, 5.41) is 1.60. The lowest BCUT2D eigenvalue weighted by atomic mass is 10.0. The molecule has 2 heterocycles. The van der Waals surface area contributed by atoms with Gasteiger partial charge in [0.05, 0.1) is 10.9 Å². The fourth-order valence-corrected chi connectivity index (χ4v) is 3.59. The van der Waals surface area contributed by atoms with E-state index >= 15 is 4.39 Å². The minimum atomic E-state index is -0.779.